The number of carbonyl (C=O) groups excluding carboxylic acids is 2. The number of halogens is 1. The molecule has 0 saturated heterocycles. The Hall–Kier alpha value is -1.01. The van der Waals surface area contributed by atoms with Gasteiger partial charge in [0.2, 0.25) is 5.91 Å². The van der Waals surface area contributed by atoms with Gasteiger partial charge in [0.05, 0.1) is 5.75 Å². The topological polar surface area (TPSA) is 58.2 Å². The lowest BCUT2D eigenvalue weighted by molar-refractivity contribution is -0.117. The SMILES string of the molecule is O=C(CSc1ccc(Br)cc1)NC(=O)NC1CC1. The molecule has 0 bridgehead atoms. The Morgan fingerprint density at radius 2 is 1.94 bits per heavy atom. The van der Waals surface area contributed by atoms with Crippen molar-refractivity contribution in [3.63, 3.8) is 0 Å². The van der Waals surface area contributed by atoms with Crippen LogP contribution in [0.5, 0.6) is 0 Å². The maximum absolute atomic E-state index is 11.5. The number of hydrogen-bond donors (Lipinski definition) is 2. The Balaban J connectivity index is 1.70. The molecule has 0 heterocycles. The molecule has 2 rings (SSSR count). The first-order valence-corrected chi connectivity index (χ1v) is 7.40. The molecule has 0 aliphatic heterocycles. The van der Waals surface area contributed by atoms with Crippen molar-refractivity contribution in [2.75, 3.05) is 5.75 Å². The molecule has 96 valence electrons. The van der Waals surface area contributed by atoms with Crippen LogP contribution in [0.3, 0.4) is 0 Å². The fourth-order valence-electron chi connectivity index (χ4n) is 1.29. The molecular weight excluding hydrogens is 316 g/mol. The highest BCUT2D eigenvalue weighted by atomic mass is 79.9. The Bertz CT molecular complexity index is 446. The molecule has 1 aliphatic rings. The average molecular weight is 329 g/mol. The molecule has 0 atom stereocenters. The minimum atomic E-state index is -0.390. The van der Waals surface area contributed by atoms with Crippen LogP contribution in [0.4, 0.5) is 4.79 Å². The molecule has 0 spiro atoms. The zero-order chi connectivity index (χ0) is 13.0. The number of rotatable bonds is 4. The number of thioether (sulfide) groups is 1. The van der Waals surface area contributed by atoms with E-state index >= 15 is 0 Å². The van der Waals surface area contributed by atoms with Crippen LogP contribution < -0.4 is 10.6 Å². The van der Waals surface area contributed by atoms with E-state index in [1.54, 1.807) is 0 Å². The van der Waals surface area contributed by atoms with Gasteiger partial charge in [0.1, 0.15) is 0 Å². The van der Waals surface area contributed by atoms with Crippen molar-refractivity contribution < 1.29 is 9.59 Å². The maximum atomic E-state index is 11.5. The maximum Gasteiger partial charge on any atom is 0.321 e. The van der Waals surface area contributed by atoms with Gasteiger partial charge >= 0.3 is 6.03 Å². The van der Waals surface area contributed by atoms with Crippen LogP contribution in [0, 0.1) is 0 Å². The van der Waals surface area contributed by atoms with Crippen molar-refractivity contribution in [1.82, 2.24) is 10.6 Å². The minimum Gasteiger partial charge on any atom is -0.335 e. The van der Waals surface area contributed by atoms with Gasteiger partial charge in [0.15, 0.2) is 0 Å². The van der Waals surface area contributed by atoms with Gasteiger partial charge in [-0.15, -0.1) is 11.8 Å². The number of carbonyl (C=O) groups is 2. The number of hydrogen-bond acceptors (Lipinski definition) is 3. The van der Waals surface area contributed by atoms with E-state index in [2.05, 4.69) is 26.6 Å². The van der Waals surface area contributed by atoms with Crippen LogP contribution in [0.1, 0.15) is 12.8 Å². The second-order valence-electron chi connectivity index (χ2n) is 4.04. The van der Waals surface area contributed by atoms with E-state index in [4.69, 9.17) is 0 Å². The third kappa shape index (κ3) is 4.70. The van der Waals surface area contributed by atoms with E-state index in [-0.39, 0.29) is 23.7 Å². The van der Waals surface area contributed by atoms with E-state index in [1.165, 1.54) is 11.8 Å². The monoisotopic (exact) mass is 328 g/mol. The summed E-state index contributed by atoms with van der Waals surface area (Å²) >= 11 is 4.75. The van der Waals surface area contributed by atoms with Crippen LogP contribution in [0.2, 0.25) is 0 Å². The van der Waals surface area contributed by atoms with Gasteiger partial charge in [-0.1, -0.05) is 15.9 Å². The van der Waals surface area contributed by atoms with Crippen LogP contribution in [-0.2, 0) is 4.79 Å². The molecule has 1 aromatic carbocycles. The molecule has 1 aliphatic carbocycles. The minimum absolute atomic E-state index is 0.236. The van der Waals surface area contributed by atoms with Crippen LogP contribution in [0.15, 0.2) is 33.6 Å². The first-order valence-electron chi connectivity index (χ1n) is 5.62. The highest BCUT2D eigenvalue weighted by Crippen LogP contribution is 2.20. The Morgan fingerprint density at radius 1 is 1.28 bits per heavy atom. The zero-order valence-corrected chi connectivity index (χ0v) is 12.0. The molecule has 3 amide bonds. The fourth-order valence-corrected chi connectivity index (χ4v) is 2.25. The highest BCUT2D eigenvalue weighted by molar-refractivity contribution is 9.10. The molecule has 4 nitrogen and oxygen atoms in total. The Labute approximate surface area is 118 Å². The van der Waals surface area contributed by atoms with Gasteiger partial charge in [-0.3, -0.25) is 10.1 Å². The molecule has 0 unspecified atom stereocenters. The van der Waals surface area contributed by atoms with E-state index in [9.17, 15) is 9.59 Å². The van der Waals surface area contributed by atoms with Crippen molar-refractivity contribution >= 4 is 39.6 Å². The lowest BCUT2D eigenvalue weighted by Gasteiger charge is -2.05. The molecule has 2 N–H and O–H groups in total. The smallest absolute Gasteiger partial charge is 0.321 e. The molecule has 1 fully saturated rings. The lowest BCUT2D eigenvalue weighted by atomic mass is 10.4. The molecule has 0 radical (unpaired) electrons. The zero-order valence-electron chi connectivity index (χ0n) is 9.61. The predicted molar refractivity (Wildman–Crippen MR) is 74.6 cm³/mol. The molecule has 1 saturated carbocycles. The predicted octanol–water partition coefficient (Wildman–Crippen LogP) is 2.53. The molecule has 1 aromatic rings. The summed E-state index contributed by atoms with van der Waals surface area (Å²) in [5.74, 6) is -0.0410. The number of nitrogens with one attached hydrogen (secondary N) is 2. The number of urea groups is 1. The molecule has 6 heteroatoms. The van der Waals surface area contributed by atoms with Crippen molar-refractivity contribution in [1.29, 1.82) is 0 Å². The van der Waals surface area contributed by atoms with Gasteiger partial charge < -0.3 is 5.32 Å². The lowest BCUT2D eigenvalue weighted by Crippen LogP contribution is -2.41. The van der Waals surface area contributed by atoms with E-state index in [1.807, 2.05) is 24.3 Å². The summed E-state index contributed by atoms with van der Waals surface area (Å²) in [5, 5.41) is 5.02. The van der Waals surface area contributed by atoms with Crippen LogP contribution in [-0.4, -0.2) is 23.7 Å². The number of amides is 3. The first kappa shape index (κ1) is 13.4. The highest BCUT2D eigenvalue weighted by Gasteiger charge is 2.23. The molecule has 18 heavy (non-hydrogen) atoms. The van der Waals surface area contributed by atoms with Crippen molar-refractivity contribution in [3.05, 3.63) is 28.7 Å². The summed E-state index contributed by atoms with van der Waals surface area (Å²) in [7, 11) is 0. The van der Waals surface area contributed by atoms with Gasteiger partial charge in [-0.05, 0) is 37.1 Å². The third-order valence-corrected chi connectivity index (χ3v) is 3.89. The van der Waals surface area contributed by atoms with Gasteiger partial charge in [0.25, 0.3) is 0 Å². The molecule has 0 aromatic heterocycles. The number of imide groups is 1. The van der Waals surface area contributed by atoms with Gasteiger partial charge in [-0.2, -0.15) is 0 Å². The summed E-state index contributed by atoms with van der Waals surface area (Å²) in [6.07, 6.45) is 2.02. The van der Waals surface area contributed by atoms with Gasteiger partial charge in [-0.25, -0.2) is 4.79 Å². The summed E-state index contributed by atoms with van der Waals surface area (Å²) in [5.41, 5.74) is 0. The van der Waals surface area contributed by atoms with Crippen molar-refractivity contribution in [3.8, 4) is 0 Å². The van der Waals surface area contributed by atoms with Gasteiger partial charge in [0, 0.05) is 15.4 Å². The summed E-state index contributed by atoms with van der Waals surface area (Å²) in [6.45, 7) is 0. The second-order valence-corrected chi connectivity index (χ2v) is 6.00. The van der Waals surface area contributed by atoms with Crippen LogP contribution in [0.25, 0.3) is 0 Å². The van der Waals surface area contributed by atoms with E-state index < -0.39 is 0 Å². The van der Waals surface area contributed by atoms with E-state index in [0.29, 0.717) is 0 Å². The van der Waals surface area contributed by atoms with Crippen molar-refractivity contribution in [2.45, 2.75) is 23.8 Å². The molecular formula is C12H13BrN2O2S. The largest absolute Gasteiger partial charge is 0.335 e. The summed E-state index contributed by atoms with van der Waals surface area (Å²) in [6, 6.07) is 7.55. The first-order chi connectivity index (χ1) is 8.63. The normalized spacial score (nSPS) is 14.1. The Kier molecular flexibility index (Phi) is 4.66. The van der Waals surface area contributed by atoms with Crippen LogP contribution >= 0.6 is 27.7 Å². The fraction of sp³-hybridized carbons (Fsp3) is 0.333. The summed E-state index contributed by atoms with van der Waals surface area (Å²) in [4.78, 5) is 23.8. The van der Waals surface area contributed by atoms with E-state index in [0.717, 1.165) is 22.2 Å². The number of benzene rings is 1. The Morgan fingerprint density at radius 3 is 2.56 bits per heavy atom. The third-order valence-electron chi connectivity index (χ3n) is 2.35. The second kappa shape index (κ2) is 6.24. The average Bonchev–Trinajstić information content (AvgIpc) is 3.12. The summed E-state index contributed by atoms with van der Waals surface area (Å²) < 4.78 is 1.00. The standard InChI is InChI=1S/C12H13BrN2O2S/c13-8-1-5-10(6-2-8)18-7-11(16)15-12(17)14-9-3-4-9/h1-2,5-6,9H,3-4,7H2,(H2,14,15,16,17). The van der Waals surface area contributed by atoms with Crippen molar-refractivity contribution in [2.24, 2.45) is 0 Å². The quantitative estimate of drug-likeness (QED) is 0.835.